The van der Waals surface area contributed by atoms with Gasteiger partial charge in [0.2, 0.25) is 0 Å². The van der Waals surface area contributed by atoms with Gasteiger partial charge in [-0.1, -0.05) is 32.9 Å². The van der Waals surface area contributed by atoms with Crippen molar-refractivity contribution in [3.63, 3.8) is 0 Å². The van der Waals surface area contributed by atoms with Crippen molar-refractivity contribution in [3.8, 4) is 0 Å². The molecule has 0 aromatic carbocycles. The molecule has 2 aliphatic rings. The molecule has 0 aromatic heterocycles. The van der Waals surface area contributed by atoms with Crippen LogP contribution in [0.4, 0.5) is 0 Å². The van der Waals surface area contributed by atoms with Crippen molar-refractivity contribution in [1.82, 2.24) is 4.90 Å². The summed E-state index contributed by atoms with van der Waals surface area (Å²) < 4.78 is 0. The summed E-state index contributed by atoms with van der Waals surface area (Å²) in [5.74, 6) is 0. The quantitative estimate of drug-likeness (QED) is 0.517. The number of nitrogens with zero attached hydrogens (tertiary/aromatic N) is 1. The lowest BCUT2D eigenvalue weighted by Crippen LogP contribution is -2.40. The van der Waals surface area contributed by atoms with Crippen LogP contribution >= 0.6 is 0 Å². The molecule has 74 valence electrons. The summed E-state index contributed by atoms with van der Waals surface area (Å²) in [7, 11) is 0. The summed E-state index contributed by atoms with van der Waals surface area (Å²) in [6.07, 6.45) is 3.95. The molecule has 0 bridgehead atoms. The molecule has 1 nitrogen and oxygen atoms in total. The first-order chi connectivity index (χ1) is 6.00. The van der Waals surface area contributed by atoms with Gasteiger partial charge in [0.05, 0.1) is 0 Å². The second-order valence-electron chi connectivity index (χ2n) is 5.62. The van der Waals surface area contributed by atoms with Gasteiger partial charge in [-0.25, -0.2) is 0 Å². The standard InChI is InChI=1S/C12H21N/c1-9-7-8-13-10(9)5-6-11(13)12(2,3)4/h10-11H,1,5-8H2,2-4H3. The predicted molar refractivity (Wildman–Crippen MR) is 56.7 cm³/mol. The SMILES string of the molecule is C=C1CCN2C1CCC2C(C)(C)C. The van der Waals surface area contributed by atoms with Crippen molar-refractivity contribution in [2.75, 3.05) is 6.54 Å². The van der Waals surface area contributed by atoms with Gasteiger partial charge >= 0.3 is 0 Å². The monoisotopic (exact) mass is 179 g/mol. The first-order valence-corrected chi connectivity index (χ1v) is 5.43. The summed E-state index contributed by atoms with van der Waals surface area (Å²) >= 11 is 0. The summed E-state index contributed by atoms with van der Waals surface area (Å²) in [6, 6.07) is 1.51. The zero-order valence-electron chi connectivity index (χ0n) is 9.14. The Labute approximate surface area is 81.8 Å². The van der Waals surface area contributed by atoms with E-state index in [1.807, 2.05) is 0 Å². The number of hydrogen-bond donors (Lipinski definition) is 0. The van der Waals surface area contributed by atoms with Gasteiger partial charge < -0.3 is 0 Å². The van der Waals surface area contributed by atoms with Crippen molar-refractivity contribution >= 4 is 0 Å². The minimum absolute atomic E-state index is 0.444. The first-order valence-electron chi connectivity index (χ1n) is 5.43. The third-order valence-electron chi connectivity index (χ3n) is 3.68. The van der Waals surface area contributed by atoms with Crippen LogP contribution in [0.2, 0.25) is 0 Å². The van der Waals surface area contributed by atoms with Gasteiger partial charge in [-0.05, 0) is 24.7 Å². The van der Waals surface area contributed by atoms with Gasteiger partial charge in [-0.3, -0.25) is 4.90 Å². The van der Waals surface area contributed by atoms with E-state index in [1.165, 1.54) is 31.4 Å². The topological polar surface area (TPSA) is 3.24 Å². The summed E-state index contributed by atoms with van der Waals surface area (Å²) in [5.41, 5.74) is 1.92. The molecule has 2 fully saturated rings. The van der Waals surface area contributed by atoms with Crippen LogP contribution in [0.15, 0.2) is 12.2 Å². The van der Waals surface area contributed by atoms with Crippen LogP contribution in [0, 0.1) is 5.41 Å². The molecular weight excluding hydrogens is 158 g/mol. The van der Waals surface area contributed by atoms with Crippen molar-refractivity contribution < 1.29 is 0 Å². The molecule has 0 amide bonds. The highest BCUT2D eigenvalue weighted by atomic mass is 15.2. The Morgan fingerprint density at radius 2 is 2.00 bits per heavy atom. The second-order valence-corrected chi connectivity index (χ2v) is 5.62. The maximum absolute atomic E-state index is 4.17. The first kappa shape index (κ1) is 9.26. The van der Waals surface area contributed by atoms with Crippen LogP contribution < -0.4 is 0 Å². The lowest BCUT2D eigenvalue weighted by Gasteiger charge is -2.34. The maximum Gasteiger partial charge on any atom is 0.0309 e. The minimum atomic E-state index is 0.444. The Kier molecular flexibility index (Phi) is 2.03. The van der Waals surface area contributed by atoms with E-state index in [4.69, 9.17) is 0 Å². The zero-order valence-corrected chi connectivity index (χ0v) is 9.14. The normalized spacial score (nSPS) is 35.5. The second kappa shape index (κ2) is 2.84. The Morgan fingerprint density at radius 1 is 1.31 bits per heavy atom. The van der Waals surface area contributed by atoms with Gasteiger partial charge in [-0.2, -0.15) is 0 Å². The Balaban J connectivity index is 2.15. The molecule has 0 N–H and O–H groups in total. The summed E-state index contributed by atoms with van der Waals surface area (Å²) in [6.45, 7) is 12.5. The summed E-state index contributed by atoms with van der Waals surface area (Å²) in [5, 5.41) is 0. The Bertz CT molecular complexity index is 224. The van der Waals surface area contributed by atoms with Gasteiger partial charge in [0.1, 0.15) is 0 Å². The van der Waals surface area contributed by atoms with Crippen LogP contribution in [0.1, 0.15) is 40.0 Å². The van der Waals surface area contributed by atoms with E-state index in [9.17, 15) is 0 Å². The maximum atomic E-state index is 4.17. The third kappa shape index (κ3) is 1.43. The molecule has 2 rings (SSSR count). The van der Waals surface area contributed by atoms with E-state index in [2.05, 4.69) is 32.3 Å². The fraction of sp³-hybridized carbons (Fsp3) is 0.833. The fourth-order valence-corrected chi connectivity index (χ4v) is 2.98. The molecule has 0 spiro atoms. The average molecular weight is 179 g/mol. The Morgan fingerprint density at radius 3 is 2.62 bits per heavy atom. The highest BCUT2D eigenvalue weighted by Gasteiger charge is 2.43. The van der Waals surface area contributed by atoms with Crippen molar-refractivity contribution in [2.45, 2.75) is 52.1 Å². The van der Waals surface area contributed by atoms with E-state index >= 15 is 0 Å². The van der Waals surface area contributed by atoms with Crippen molar-refractivity contribution in [3.05, 3.63) is 12.2 Å². The lowest BCUT2D eigenvalue weighted by molar-refractivity contribution is 0.141. The number of rotatable bonds is 0. The zero-order chi connectivity index (χ0) is 9.64. The molecule has 2 heterocycles. The lowest BCUT2D eigenvalue weighted by atomic mass is 9.85. The largest absolute Gasteiger partial charge is 0.293 e. The number of fused-ring (bicyclic) bond motifs is 1. The van der Waals surface area contributed by atoms with E-state index in [1.54, 1.807) is 0 Å². The Hall–Kier alpha value is -0.300. The molecule has 0 saturated carbocycles. The van der Waals surface area contributed by atoms with Crippen LogP contribution in [-0.4, -0.2) is 23.5 Å². The van der Waals surface area contributed by atoms with Gasteiger partial charge in [0.15, 0.2) is 0 Å². The highest BCUT2D eigenvalue weighted by molar-refractivity contribution is 5.17. The molecule has 0 aromatic rings. The molecular formula is C12H21N. The molecule has 13 heavy (non-hydrogen) atoms. The molecule has 2 unspecified atom stereocenters. The predicted octanol–water partition coefficient (Wildman–Crippen LogP) is 2.83. The smallest absolute Gasteiger partial charge is 0.0309 e. The van der Waals surface area contributed by atoms with E-state index in [0.717, 1.165) is 12.1 Å². The molecule has 1 heteroatoms. The molecule has 0 aliphatic carbocycles. The van der Waals surface area contributed by atoms with E-state index < -0.39 is 0 Å². The average Bonchev–Trinajstić information content (AvgIpc) is 2.51. The van der Waals surface area contributed by atoms with E-state index in [-0.39, 0.29) is 0 Å². The molecule has 2 aliphatic heterocycles. The molecule has 2 atom stereocenters. The third-order valence-corrected chi connectivity index (χ3v) is 3.68. The fourth-order valence-electron chi connectivity index (χ4n) is 2.98. The van der Waals surface area contributed by atoms with Crippen molar-refractivity contribution in [2.24, 2.45) is 5.41 Å². The van der Waals surface area contributed by atoms with Crippen LogP contribution in [0.25, 0.3) is 0 Å². The van der Waals surface area contributed by atoms with Crippen LogP contribution in [0.5, 0.6) is 0 Å². The van der Waals surface area contributed by atoms with Gasteiger partial charge in [0, 0.05) is 18.6 Å². The van der Waals surface area contributed by atoms with E-state index in [0.29, 0.717) is 5.41 Å². The number of hydrogen-bond acceptors (Lipinski definition) is 1. The van der Waals surface area contributed by atoms with Crippen LogP contribution in [-0.2, 0) is 0 Å². The van der Waals surface area contributed by atoms with Crippen molar-refractivity contribution in [1.29, 1.82) is 0 Å². The molecule has 2 saturated heterocycles. The van der Waals surface area contributed by atoms with Gasteiger partial charge in [-0.15, -0.1) is 0 Å². The highest BCUT2D eigenvalue weighted by Crippen LogP contribution is 2.41. The van der Waals surface area contributed by atoms with Crippen LogP contribution in [0.3, 0.4) is 0 Å². The van der Waals surface area contributed by atoms with Gasteiger partial charge in [0.25, 0.3) is 0 Å². The minimum Gasteiger partial charge on any atom is -0.293 e. The molecule has 0 radical (unpaired) electrons. The summed E-state index contributed by atoms with van der Waals surface area (Å²) in [4.78, 5) is 2.68.